The molecule has 1 N–H and O–H groups in total. The quantitative estimate of drug-likeness (QED) is 0.784. The average molecular weight is 398 g/mol. The zero-order chi connectivity index (χ0) is 17.6. The first kappa shape index (κ1) is 18.5. The van der Waals surface area contributed by atoms with Crippen LogP contribution in [0.4, 0.5) is 5.13 Å². The van der Waals surface area contributed by atoms with Crippen molar-refractivity contribution < 1.29 is 4.79 Å². The molecule has 0 aliphatic carbocycles. The first-order valence-corrected chi connectivity index (χ1v) is 10.1. The Hall–Kier alpha value is -1.30. The largest absolute Gasteiger partial charge is 0.356 e. The van der Waals surface area contributed by atoms with Gasteiger partial charge in [0.15, 0.2) is 5.13 Å². The number of piperidine rings is 1. The van der Waals surface area contributed by atoms with E-state index < -0.39 is 0 Å². The number of thiazole rings is 1. The van der Waals surface area contributed by atoms with Gasteiger partial charge in [-0.2, -0.15) is 0 Å². The molecule has 25 heavy (non-hydrogen) atoms. The maximum atomic E-state index is 12.1. The molecule has 0 radical (unpaired) electrons. The number of aryl methyl sites for hydroxylation is 1. The van der Waals surface area contributed by atoms with Crippen molar-refractivity contribution in [3.63, 3.8) is 0 Å². The fourth-order valence-corrected chi connectivity index (χ4v) is 4.28. The molecular weight excluding hydrogens is 377 g/mol. The molecule has 1 aliphatic rings. The lowest BCUT2D eigenvalue weighted by Gasteiger charge is -2.32. The zero-order valence-electron chi connectivity index (χ0n) is 13.9. The number of aromatic nitrogens is 1. The van der Waals surface area contributed by atoms with Crippen molar-refractivity contribution in [1.82, 2.24) is 10.3 Å². The number of nitrogens with one attached hydrogen (secondary N) is 1. The molecule has 1 aromatic carbocycles. The molecule has 0 spiro atoms. The number of anilines is 1. The van der Waals surface area contributed by atoms with Crippen LogP contribution in [0, 0.1) is 5.92 Å². The van der Waals surface area contributed by atoms with Gasteiger partial charge in [-0.25, -0.2) is 4.98 Å². The summed E-state index contributed by atoms with van der Waals surface area (Å²) in [6, 6.07) is 5.40. The Kier molecular flexibility index (Phi) is 6.57. The van der Waals surface area contributed by atoms with Gasteiger partial charge in [0.05, 0.1) is 0 Å². The van der Waals surface area contributed by atoms with Crippen molar-refractivity contribution in [1.29, 1.82) is 0 Å². The summed E-state index contributed by atoms with van der Waals surface area (Å²) in [6.07, 6.45) is 5.18. The third-order valence-corrected chi connectivity index (χ3v) is 5.85. The third kappa shape index (κ3) is 5.33. The Morgan fingerprint density at radius 2 is 2.28 bits per heavy atom. The van der Waals surface area contributed by atoms with Crippen LogP contribution in [0.2, 0.25) is 10.0 Å². The van der Waals surface area contributed by atoms with E-state index in [2.05, 4.69) is 15.2 Å². The number of rotatable bonds is 6. The van der Waals surface area contributed by atoms with E-state index in [1.54, 1.807) is 23.5 Å². The van der Waals surface area contributed by atoms with Crippen molar-refractivity contribution in [2.45, 2.75) is 25.7 Å². The van der Waals surface area contributed by atoms with Gasteiger partial charge in [0.25, 0.3) is 0 Å². The van der Waals surface area contributed by atoms with E-state index >= 15 is 0 Å². The summed E-state index contributed by atoms with van der Waals surface area (Å²) in [7, 11) is 0. The van der Waals surface area contributed by atoms with Crippen LogP contribution in [0.3, 0.4) is 0 Å². The van der Waals surface area contributed by atoms with Crippen LogP contribution in [-0.4, -0.2) is 30.5 Å². The smallest absolute Gasteiger partial charge is 0.220 e. The monoisotopic (exact) mass is 397 g/mol. The van der Waals surface area contributed by atoms with Gasteiger partial charge in [-0.1, -0.05) is 29.3 Å². The number of halogens is 2. The highest BCUT2D eigenvalue weighted by molar-refractivity contribution is 7.13. The summed E-state index contributed by atoms with van der Waals surface area (Å²) >= 11 is 13.7. The van der Waals surface area contributed by atoms with Gasteiger partial charge in [0.1, 0.15) is 0 Å². The standard InChI is InChI=1S/C18H21Cl2N3OS/c19-15-5-3-14(16(20)10-15)4-6-17(24)22-11-13-2-1-8-23(12-13)18-21-7-9-25-18/h3,5,7,9-10,13H,1-2,4,6,8,11-12H2,(H,22,24). The minimum atomic E-state index is 0.0670. The number of carbonyl (C=O) groups excluding carboxylic acids is 1. The van der Waals surface area contributed by atoms with Gasteiger partial charge in [-0.05, 0) is 42.9 Å². The minimum Gasteiger partial charge on any atom is -0.356 e. The van der Waals surface area contributed by atoms with Crippen molar-refractivity contribution in [3.8, 4) is 0 Å². The van der Waals surface area contributed by atoms with Crippen LogP contribution < -0.4 is 10.2 Å². The third-order valence-electron chi connectivity index (χ3n) is 4.43. The molecule has 7 heteroatoms. The molecule has 0 saturated carbocycles. The molecule has 1 fully saturated rings. The number of hydrogen-bond donors (Lipinski definition) is 1. The maximum absolute atomic E-state index is 12.1. The van der Waals surface area contributed by atoms with E-state index in [-0.39, 0.29) is 5.91 Å². The van der Waals surface area contributed by atoms with Crippen LogP contribution in [0.5, 0.6) is 0 Å². The highest BCUT2D eigenvalue weighted by Crippen LogP contribution is 2.25. The molecule has 1 amide bonds. The second-order valence-corrected chi connectivity index (χ2v) is 8.03. The Morgan fingerprint density at radius 1 is 1.40 bits per heavy atom. The van der Waals surface area contributed by atoms with E-state index in [0.717, 1.165) is 43.2 Å². The molecule has 2 heterocycles. The predicted octanol–water partition coefficient (Wildman–Crippen LogP) is 4.42. The SMILES string of the molecule is O=C(CCc1ccc(Cl)cc1Cl)NCC1CCCN(c2nccs2)C1. The molecule has 134 valence electrons. The van der Waals surface area contributed by atoms with Gasteiger partial charge in [-0.15, -0.1) is 11.3 Å². The highest BCUT2D eigenvalue weighted by atomic mass is 35.5. The fraction of sp³-hybridized carbons (Fsp3) is 0.444. The molecule has 0 bridgehead atoms. The lowest BCUT2D eigenvalue weighted by Crippen LogP contribution is -2.41. The van der Waals surface area contributed by atoms with Gasteiger partial charge in [-0.3, -0.25) is 4.79 Å². The summed E-state index contributed by atoms with van der Waals surface area (Å²) in [5.41, 5.74) is 0.953. The van der Waals surface area contributed by atoms with Crippen LogP contribution in [0.25, 0.3) is 0 Å². The highest BCUT2D eigenvalue weighted by Gasteiger charge is 2.21. The number of carbonyl (C=O) groups is 1. The van der Waals surface area contributed by atoms with E-state index in [1.807, 2.05) is 17.6 Å². The van der Waals surface area contributed by atoms with Crippen molar-refractivity contribution >= 4 is 45.6 Å². The second kappa shape index (κ2) is 8.88. The van der Waals surface area contributed by atoms with Crippen molar-refractivity contribution in [2.24, 2.45) is 5.92 Å². The Labute approximate surface area is 162 Å². The van der Waals surface area contributed by atoms with E-state index in [0.29, 0.717) is 28.8 Å². The van der Waals surface area contributed by atoms with E-state index in [1.165, 1.54) is 0 Å². The zero-order valence-corrected chi connectivity index (χ0v) is 16.2. The molecule has 2 aromatic rings. The van der Waals surface area contributed by atoms with Crippen molar-refractivity contribution in [2.75, 3.05) is 24.5 Å². The summed E-state index contributed by atoms with van der Waals surface area (Å²) in [6.45, 7) is 2.72. The lowest BCUT2D eigenvalue weighted by molar-refractivity contribution is -0.121. The number of nitrogens with zero attached hydrogens (tertiary/aromatic N) is 2. The lowest BCUT2D eigenvalue weighted by atomic mass is 9.98. The summed E-state index contributed by atoms with van der Waals surface area (Å²) in [4.78, 5) is 18.8. The number of benzene rings is 1. The predicted molar refractivity (Wildman–Crippen MR) is 105 cm³/mol. The van der Waals surface area contributed by atoms with Gasteiger partial charge >= 0.3 is 0 Å². The molecular formula is C18H21Cl2N3OS. The van der Waals surface area contributed by atoms with Crippen LogP contribution >= 0.6 is 34.5 Å². The molecule has 4 nitrogen and oxygen atoms in total. The molecule has 3 rings (SSSR count). The minimum absolute atomic E-state index is 0.0670. The molecule has 1 saturated heterocycles. The van der Waals surface area contributed by atoms with Gasteiger partial charge in [0, 0.05) is 47.7 Å². The summed E-state index contributed by atoms with van der Waals surface area (Å²) in [5, 5.41) is 7.38. The fourth-order valence-electron chi connectivity index (χ4n) is 3.10. The van der Waals surface area contributed by atoms with Crippen molar-refractivity contribution in [3.05, 3.63) is 45.4 Å². The molecule has 1 atom stereocenters. The van der Waals surface area contributed by atoms with Crippen LogP contribution in [0.15, 0.2) is 29.8 Å². The Morgan fingerprint density at radius 3 is 3.04 bits per heavy atom. The average Bonchev–Trinajstić information content (AvgIpc) is 3.14. The summed E-state index contributed by atoms with van der Waals surface area (Å²) in [5.74, 6) is 0.540. The molecule has 1 aliphatic heterocycles. The van der Waals surface area contributed by atoms with Crippen LogP contribution in [0.1, 0.15) is 24.8 Å². The Balaban J connectivity index is 1.42. The topological polar surface area (TPSA) is 45.2 Å². The maximum Gasteiger partial charge on any atom is 0.220 e. The normalized spacial score (nSPS) is 17.5. The van der Waals surface area contributed by atoms with Gasteiger partial charge < -0.3 is 10.2 Å². The number of amides is 1. The number of hydrogen-bond acceptors (Lipinski definition) is 4. The van der Waals surface area contributed by atoms with Crippen LogP contribution in [-0.2, 0) is 11.2 Å². The first-order chi connectivity index (χ1) is 12.1. The van der Waals surface area contributed by atoms with E-state index in [4.69, 9.17) is 23.2 Å². The summed E-state index contributed by atoms with van der Waals surface area (Å²) < 4.78 is 0. The van der Waals surface area contributed by atoms with Gasteiger partial charge in [0.2, 0.25) is 5.91 Å². The second-order valence-electron chi connectivity index (χ2n) is 6.31. The first-order valence-electron chi connectivity index (χ1n) is 8.47. The van der Waals surface area contributed by atoms with E-state index in [9.17, 15) is 4.79 Å². The molecule has 1 unspecified atom stereocenters. The molecule has 1 aromatic heterocycles. The Bertz CT molecular complexity index is 708.